The van der Waals surface area contributed by atoms with E-state index in [0.717, 1.165) is 32.0 Å². The number of rotatable bonds is 5. The van der Waals surface area contributed by atoms with E-state index in [1.807, 2.05) is 0 Å². The van der Waals surface area contributed by atoms with Crippen LogP contribution in [-0.4, -0.2) is 60.4 Å². The Morgan fingerprint density at radius 3 is 2.74 bits per heavy atom. The summed E-state index contributed by atoms with van der Waals surface area (Å²) < 4.78 is 0. The highest BCUT2D eigenvalue weighted by Crippen LogP contribution is 2.26. The lowest BCUT2D eigenvalue weighted by Crippen LogP contribution is -2.48. The molecule has 2 unspecified atom stereocenters. The molecular weight excluding hydrogens is 385 g/mol. The molecule has 2 fully saturated rings. The van der Waals surface area contributed by atoms with Gasteiger partial charge in [0.25, 0.3) is 5.91 Å². The molecule has 27 heavy (non-hydrogen) atoms. The molecule has 0 spiro atoms. The number of likely N-dealkylation sites (tertiary alicyclic amines) is 2. The summed E-state index contributed by atoms with van der Waals surface area (Å²) in [5.74, 6) is 0.411. The lowest BCUT2D eigenvalue weighted by molar-refractivity contribution is -0.124. The van der Waals surface area contributed by atoms with E-state index in [9.17, 15) is 9.59 Å². The van der Waals surface area contributed by atoms with Crippen molar-refractivity contribution >= 4 is 35.0 Å². The van der Waals surface area contributed by atoms with Gasteiger partial charge in [0.2, 0.25) is 5.91 Å². The van der Waals surface area contributed by atoms with Gasteiger partial charge < -0.3 is 15.1 Å². The Bertz CT molecular complexity index is 698. The number of benzene rings is 1. The maximum absolute atomic E-state index is 12.9. The van der Waals surface area contributed by atoms with Crippen molar-refractivity contribution in [3.8, 4) is 0 Å². The lowest BCUT2D eigenvalue weighted by Gasteiger charge is -2.31. The molecule has 1 aromatic rings. The number of carbonyl (C=O) groups is 2. The molecule has 1 aromatic carbocycles. The normalized spacial score (nSPS) is 23.4. The molecule has 2 aliphatic heterocycles. The van der Waals surface area contributed by atoms with Crippen LogP contribution < -0.4 is 5.32 Å². The Balaban J connectivity index is 1.56. The Hall–Kier alpha value is -1.30. The lowest BCUT2D eigenvalue weighted by atomic mass is 10.0. The van der Waals surface area contributed by atoms with Crippen molar-refractivity contribution < 1.29 is 9.59 Å². The Morgan fingerprint density at radius 2 is 1.96 bits per heavy atom. The third-order valence-electron chi connectivity index (χ3n) is 5.44. The first-order chi connectivity index (χ1) is 13.0. The van der Waals surface area contributed by atoms with E-state index in [2.05, 4.69) is 17.1 Å². The molecule has 148 valence electrons. The molecule has 2 saturated heterocycles. The molecular formula is C20H27Cl2N3O2. The van der Waals surface area contributed by atoms with Gasteiger partial charge in [0, 0.05) is 31.2 Å². The summed E-state index contributed by atoms with van der Waals surface area (Å²) in [6.07, 6.45) is 4.00. The van der Waals surface area contributed by atoms with Gasteiger partial charge >= 0.3 is 0 Å². The van der Waals surface area contributed by atoms with Gasteiger partial charge in [-0.05, 0) is 56.3 Å². The van der Waals surface area contributed by atoms with Crippen LogP contribution in [0.15, 0.2) is 18.2 Å². The molecule has 2 aliphatic rings. The minimum absolute atomic E-state index is 0.0796. The summed E-state index contributed by atoms with van der Waals surface area (Å²) in [6.45, 7) is 6.49. The predicted octanol–water partition coefficient (Wildman–Crippen LogP) is 3.45. The molecule has 2 heterocycles. The van der Waals surface area contributed by atoms with Crippen molar-refractivity contribution in [3.05, 3.63) is 33.8 Å². The molecule has 0 radical (unpaired) electrons. The molecule has 0 saturated carbocycles. The minimum atomic E-state index is -0.437. The van der Waals surface area contributed by atoms with Crippen LogP contribution in [0.25, 0.3) is 0 Å². The second-order valence-corrected chi connectivity index (χ2v) is 8.46. The van der Waals surface area contributed by atoms with Crippen LogP contribution in [0.2, 0.25) is 10.0 Å². The van der Waals surface area contributed by atoms with Crippen LogP contribution in [0.1, 0.15) is 43.0 Å². The molecule has 1 N–H and O–H groups in total. The van der Waals surface area contributed by atoms with Gasteiger partial charge in [-0.2, -0.15) is 0 Å². The fourth-order valence-electron chi connectivity index (χ4n) is 4.04. The highest BCUT2D eigenvalue weighted by Gasteiger charge is 2.35. The molecule has 3 rings (SSSR count). The zero-order chi connectivity index (χ0) is 19.4. The number of hydrogen-bond acceptors (Lipinski definition) is 3. The number of nitrogens with one attached hydrogen (secondary N) is 1. The van der Waals surface area contributed by atoms with Crippen LogP contribution in [0, 0.1) is 5.92 Å². The minimum Gasteiger partial charge on any atom is -0.353 e. The van der Waals surface area contributed by atoms with Gasteiger partial charge in [0.1, 0.15) is 6.04 Å². The van der Waals surface area contributed by atoms with E-state index in [4.69, 9.17) is 23.2 Å². The fraction of sp³-hybridized carbons (Fsp3) is 0.600. The van der Waals surface area contributed by atoms with E-state index < -0.39 is 6.04 Å². The van der Waals surface area contributed by atoms with Crippen molar-refractivity contribution in [1.82, 2.24) is 15.1 Å². The summed E-state index contributed by atoms with van der Waals surface area (Å²) in [5.41, 5.74) is 0.353. The number of piperidine rings is 1. The van der Waals surface area contributed by atoms with E-state index in [-0.39, 0.29) is 11.8 Å². The molecule has 0 aromatic heterocycles. The average molecular weight is 412 g/mol. The number of amides is 2. The van der Waals surface area contributed by atoms with Gasteiger partial charge in [-0.3, -0.25) is 9.59 Å². The van der Waals surface area contributed by atoms with Gasteiger partial charge in [-0.15, -0.1) is 0 Å². The first-order valence-corrected chi connectivity index (χ1v) is 10.5. The summed E-state index contributed by atoms with van der Waals surface area (Å²) >= 11 is 12.2. The third kappa shape index (κ3) is 5.15. The van der Waals surface area contributed by atoms with Crippen LogP contribution in [-0.2, 0) is 4.79 Å². The standard InChI is InChI=1S/C20H27Cl2N3O2/c1-14-4-2-9-24(13-14)11-8-23-19(26)18-5-3-10-25(18)20(27)16-12-15(21)6-7-17(16)22/h6-7,12,14,18H,2-5,8-11,13H2,1H3,(H,23,26). The Kier molecular flexibility index (Phi) is 7.01. The molecule has 0 bridgehead atoms. The van der Waals surface area contributed by atoms with Gasteiger partial charge in [-0.25, -0.2) is 0 Å². The topological polar surface area (TPSA) is 52.7 Å². The van der Waals surface area contributed by atoms with Gasteiger partial charge in [-0.1, -0.05) is 30.1 Å². The Labute approximate surface area is 171 Å². The Morgan fingerprint density at radius 1 is 1.19 bits per heavy atom. The maximum Gasteiger partial charge on any atom is 0.256 e. The van der Waals surface area contributed by atoms with Crippen LogP contribution in [0.5, 0.6) is 0 Å². The van der Waals surface area contributed by atoms with Crippen LogP contribution >= 0.6 is 23.2 Å². The molecule has 7 heteroatoms. The largest absolute Gasteiger partial charge is 0.353 e. The van der Waals surface area contributed by atoms with Crippen molar-refractivity contribution in [2.24, 2.45) is 5.92 Å². The van der Waals surface area contributed by atoms with E-state index in [1.54, 1.807) is 23.1 Å². The van der Waals surface area contributed by atoms with Crippen molar-refractivity contribution in [2.45, 2.75) is 38.6 Å². The summed E-state index contributed by atoms with van der Waals surface area (Å²) in [6, 6.07) is 4.39. The summed E-state index contributed by atoms with van der Waals surface area (Å²) in [7, 11) is 0. The number of nitrogens with zero attached hydrogens (tertiary/aromatic N) is 2. The van der Waals surface area contributed by atoms with Gasteiger partial charge in [0.15, 0.2) is 0 Å². The smallest absolute Gasteiger partial charge is 0.256 e. The average Bonchev–Trinajstić information content (AvgIpc) is 3.13. The quantitative estimate of drug-likeness (QED) is 0.806. The highest BCUT2D eigenvalue weighted by molar-refractivity contribution is 6.35. The first kappa shape index (κ1) is 20.4. The number of carbonyl (C=O) groups excluding carboxylic acids is 2. The first-order valence-electron chi connectivity index (χ1n) is 9.72. The maximum atomic E-state index is 12.9. The van der Waals surface area contributed by atoms with E-state index in [0.29, 0.717) is 35.1 Å². The number of hydrogen-bond donors (Lipinski definition) is 1. The summed E-state index contributed by atoms with van der Waals surface area (Å²) in [5, 5.41) is 3.83. The second kappa shape index (κ2) is 9.26. The highest BCUT2D eigenvalue weighted by atomic mass is 35.5. The third-order valence-corrected chi connectivity index (χ3v) is 6.01. The molecule has 2 atom stereocenters. The predicted molar refractivity (Wildman–Crippen MR) is 108 cm³/mol. The van der Waals surface area contributed by atoms with Crippen LogP contribution in [0.4, 0.5) is 0 Å². The van der Waals surface area contributed by atoms with Gasteiger partial charge in [0.05, 0.1) is 10.6 Å². The zero-order valence-corrected chi connectivity index (χ0v) is 17.2. The number of halogens is 2. The molecule has 5 nitrogen and oxygen atoms in total. The fourth-order valence-corrected chi connectivity index (χ4v) is 4.41. The monoisotopic (exact) mass is 411 g/mol. The second-order valence-electron chi connectivity index (χ2n) is 7.62. The van der Waals surface area contributed by atoms with Crippen molar-refractivity contribution in [2.75, 3.05) is 32.7 Å². The molecule has 0 aliphatic carbocycles. The molecule has 2 amide bonds. The van der Waals surface area contributed by atoms with E-state index >= 15 is 0 Å². The SMILES string of the molecule is CC1CCCN(CCNC(=O)C2CCCN2C(=O)c2cc(Cl)ccc2Cl)C1. The van der Waals surface area contributed by atoms with E-state index in [1.165, 1.54) is 12.8 Å². The summed E-state index contributed by atoms with van der Waals surface area (Å²) in [4.78, 5) is 29.6. The van der Waals surface area contributed by atoms with Crippen molar-refractivity contribution in [3.63, 3.8) is 0 Å². The van der Waals surface area contributed by atoms with Crippen LogP contribution in [0.3, 0.4) is 0 Å². The zero-order valence-electron chi connectivity index (χ0n) is 15.7. The van der Waals surface area contributed by atoms with Crippen molar-refractivity contribution in [1.29, 1.82) is 0 Å².